The first-order chi connectivity index (χ1) is 7.77. The van der Waals surface area contributed by atoms with Crippen LogP contribution in [0.15, 0.2) is 18.3 Å². The van der Waals surface area contributed by atoms with E-state index in [-0.39, 0.29) is 18.5 Å². The van der Waals surface area contributed by atoms with Gasteiger partial charge in [-0.2, -0.15) is 0 Å². The van der Waals surface area contributed by atoms with Gasteiger partial charge in [0.05, 0.1) is 11.8 Å². The standard InChI is InChI=1S/C12H17NO3/c1-13-6-2-3-11(13)12(14)9-16-10-4-7-15-8-5-10/h2-3,6,10H,4-5,7-9H2,1H3. The van der Waals surface area contributed by atoms with E-state index in [0.29, 0.717) is 5.69 Å². The Balaban J connectivity index is 1.81. The molecule has 0 amide bonds. The highest BCUT2D eigenvalue weighted by Crippen LogP contribution is 2.11. The Morgan fingerprint density at radius 3 is 2.94 bits per heavy atom. The summed E-state index contributed by atoms with van der Waals surface area (Å²) in [7, 11) is 1.86. The molecule has 0 aromatic carbocycles. The smallest absolute Gasteiger partial charge is 0.204 e. The summed E-state index contributed by atoms with van der Waals surface area (Å²) in [5, 5.41) is 0. The number of nitrogens with zero attached hydrogens (tertiary/aromatic N) is 1. The minimum atomic E-state index is 0.0407. The number of carbonyl (C=O) groups excluding carboxylic acids is 1. The predicted molar refractivity (Wildman–Crippen MR) is 59.5 cm³/mol. The van der Waals surface area contributed by atoms with Gasteiger partial charge in [-0.3, -0.25) is 4.79 Å². The molecule has 1 aliphatic heterocycles. The highest BCUT2D eigenvalue weighted by atomic mass is 16.5. The zero-order valence-corrected chi connectivity index (χ0v) is 9.52. The van der Waals surface area contributed by atoms with Gasteiger partial charge in [-0.15, -0.1) is 0 Å². The molecular formula is C12H17NO3. The van der Waals surface area contributed by atoms with Crippen LogP contribution in [0, 0.1) is 0 Å². The Labute approximate surface area is 95.2 Å². The number of hydrogen-bond donors (Lipinski definition) is 0. The van der Waals surface area contributed by atoms with E-state index < -0.39 is 0 Å². The second kappa shape index (κ2) is 5.27. The van der Waals surface area contributed by atoms with Crippen molar-refractivity contribution < 1.29 is 14.3 Å². The molecule has 4 nitrogen and oxygen atoms in total. The monoisotopic (exact) mass is 223 g/mol. The summed E-state index contributed by atoms with van der Waals surface area (Å²) in [5.41, 5.74) is 0.701. The Morgan fingerprint density at radius 1 is 1.56 bits per heavy atom. The topological polar surface area (TPSA) is 40.5 Å². The number of aromatic nitrogens is 1. The molecule has 1 aromatic heterocycles. The molecule has 2 rings (SSSR count). The van der Waals surface area contributed by atoms with Gasteiger partial charge in [0.2, 0.25) is 5.78 Å². The summed E-state index contributed by atoms with van der Waals surface area (Å²) in [4.78, 5) is 11.8. The van der Waals surface area contributed by atoms with Crippen LogP contribution in [-0.4, -0.2) is 36.3 Å². The first kappa shape index (κ1) is 11.4. The Hall–Kier alpha value is -1.13. The molecule has 2 heterocycles. The highest BCUT2D eigenvalue weighted by Gasteiger charge is 2.16. The van der Waals surface area contributed by atoms with Crippen molar-refractivity contribution in [2.24, 2.45) is 7.05 Å². The lowest BCUT2D eigenvalue weighted by atomic mass is 10.1. The van der Waals surface area contributed by atoms with Crippen molar-refractivity contribution in [2.45, 2.75) is 18.9 Å². The molecule has 1 fully saturated rings. The number of carbonyl (C=O) groups is 1. The van der Waals surface area contributed by atoms with Gasteiger partial charge < -0.3 is 14.0 Å². The van der Waals surface area contributed by atoms with Crippen LogP contribution in [0.2, 0.25) is 0 Å². The second-order valence-corrected chi connectivity index (χ2v) is 4.05. The van der Waals surface area contributed by atoms with E-state index >= 15 is 0 Å². The van der Waals surface area contributed by atoms with Crippen LogP contribution < -0.4 is 0 Å². The fourth-order valence-electron chi connectivity index (χ4n) is 1.86. The lowest BCUT2D eigenvalue weighted by Gasteiger charge is -2.21. The average Bonchev–Trinajstić information content (AvgIpc) is 2.74. The van der Waals surface area contributed by atoms with Crippen LogP contribution in [0.4, 0.5) is 0 Å². The van der Waals surface area contributed by atoms with Crippen LogP contribution >= 0.6 is 0 Å². The lowest BCUT2D eigenvalue weighted by Crippen LogP contribution is -2.26. The van der Waals surface area contributed by atoms with Crippen LogP contribution in [0.1, 0.15) is 23.3 Å². The molecule has 4 heteroatoms. The number of hydrogen-bond acceptors (Lipinski definition) is 3. The fourth-order valence-corrected chi connectivity index (χ4v) is 1.86. The third kappa shape index (κ3) is 2.71. The molecule has 0 spiro atoms. The molecule has 16 heavy (non-hydrogen) atoms. The predicted octanol–water partition coefficient (Wildman–Crippen LogP) is 1.40. The van der Waals surface area contributed by atoms with E-state index in [2.05, 4.69) is 0 Å². The highest BCUT2D eigenvalue weighted by molar-refractivity contribution is 5.95. The van der Waals surface area contributed by atoms with Gasteiger partial charge >= 0.3 is 0 Å². The Morgan fingerprint density at radius 2 is 2.31 bits per heavy atom. The van der Waals surface area contributed by atoms with Gasteiger partial charge in [0.25, 0.3) is 0 Å². The van der Waals surface area contributed by atoms with Crippen molar-refractivity contribution in [1.82, 2.24) is 4.57 Å². The summed E-state index contributed by atoms with van der Waals surface area (Å²) < 4.78 is 12.6. The molecule has 1 saturated heterocycles. The maximum Gasteiger partial charge on any atom is 0.204 e. The summed E-state index contributed by atoms with van der Waals surface area (Å²) in [6.45, 7) is 1.65. The quantitative estimate of drug-likeness (QED) is 0.724. The van der Waals surface area contributed by atoms with Crippen molar-refractivity contribution >= 4 is 5.78 Å². The molecule has 0 aliphatic carbocycles. The summed E-state index contributed by atoms with van der Waals surface area (Å²) in [6, 6.07) is 3.68. The van der Waals surface area contributed by atoms with Crippen LogP contribution in [0.25, 0.3) is 0 Å². The van der Waals surface area contributed by atoms with Crippen LogP contribution in [0.5, 0.6) is 0 Å². The molecule has 88 valence electrons. The first-order valence-electron chi connectivity index (χ1n) is 5.61. The molecule has 0 atom stereocenters. The lowest BCUT2D eigenvalue weighted by molar-refractivity contribution is -0.0263. The van der Waals surface area contributed by atoms with Gasteiger partial charge in [0, 0.05) is 26.5 Å². The molecule has 1 aromatic rings. The zero-order valence-electron chi connectivity index (χ0n) is 9.52. The SMILES string of the molecule is Cn1cccc1C(=O)COC1CCOCC1. The minimum Gasteiger partial charge on any atom is -0.381 e. The van der Waals surface area contributed by atoms with Gasteiger partial charge in [0.1, 0.15) is 6.61 Å². The molecule has 0 radical (unpaired) electrons. The van der Waals surface area contributed by atoms with Gasteiger partial charge in [-0.1, -0.05) is 0 Å². The van der Waals surface area contributed by atoms with Crippen molar-refractivity contribution in [3.8, 4) is 0 Å². The van der Waals surface area contributed by atoms with Crippen LogP contribution in [0.3, 0.4) is 0 Å². The van der Waals surface area contributed by atoms with Crippen LogP contribution in [-0.2, 0) is 16.5 Å². The molecule has 0 N–H and O–H groups in total. The number of aryl methyl sites for hydroxylation is 1. The number of ketones is 1. The van der Waals surface area contributed by atoms with Crippen molar-refractivity contribution in [2.75, 3.05) is 19.8 Å². The maximum absolute atomic E-state index is 11.8. The normalized spacial score (nSPS) is 17.6. The molecule has 0 bridgehead atoms. The third-order valence-electron chi connectivity index (χ3n) is 2.85. The number of rotatable bonds is 4. The van der Waals surface area contributed by atoms with Gasteiger partial charge in [-0.25, -0.2) is 0 Å². The van der Waals surface area contributed by atoms with E-state index in [1.807, 2.05) is 29.9 Å². The Kier molecular flexibility index (Phi) is 3.74. The second-order valence-electron chi connectivity index (χ2n) is 4.05. The molecule has 1 aliphatic rings. The van der Waals surface area contributed by atoms with E-state index in [4.69, 9.17) is 9.47 Å². The largest absolute Gasteiger partial charge is 0.381 e. The summed E-state index contributed by atoms with van der Waals surface area (Å²) in [6.07, 6.45) is 3.82. The maximum atomic E-state index is 11.8. The van der Waals surface area contributed by atoms with E-state index in [1.165, 1.54) is 0 Å². The van der Waals surface area contributed by atoms with Crippen molar-refractivity contribution in [3.63, 3.8) is 0 Å². The third-order valence-corrected chi connectivity index (χ3v) is 2.85. The van der Waals surface area contributed by atoms with Crippen molar-refractivity contribution in [3.05, 3.63) is 24.0 Å². The number of ether oxygens (including phenoxy) is 2. The average molecular weight is 223 g/mol. The first-order valence-corrected chi connectivity index (χ1v) is 5.61. The summed E-state index contributed by atoms with van der Waals surface area (Å²) in [5.74, 6) is 0.0407. The summed E-state index contributed by atoms with van der Waals surface area (Å²) >= 11 is 0. The van der Waals surface area contributed by atoms with Crippen molar-refractivity contribution in [1.29, 1.82) is 0 Å². The fraction of sp³-hybridized carbons (Fsp3) is 0.583. The molecular weight excluding hydrogens is 206 g/mol. The minimum absolute atomic E-state index is 0.0407. The Bertz CT molecular complexity index is 353. The van der Waals surface area contributed by atoms with Gasteiger partial charge in [0.15, 0.2) is 0 Å². The molecule has 0 unspecified atom stereocenters. The van der Waals surface area contributed by atoms with E-state index in [0.717, 1.165) is 26.1 Å². The van der Waals surface area contributed by atoms with Gasteiger partial charge in [-0.05, 0) is 25.0 Å². The molecule has 0 saturated carbocycles. The van der Waals surface area contributed by atoms with E-state index in [9.17, 15) is 4.79 Å². The van der Waals surface area contributed by atoms with E-state index in [1.54, 1.807) is 0 Å². The number of Topliss-reactive ketones (excluding diaryl/α,β-unsaturated/α-hetero) is 1. The zero-order chi connectivity index (χ0) is 11.4.